The second-order valence-corrected chi connectivity index (χ2v) is 4.32. The molecule has 1 rings (SSSR count). The van der Waals surface area contributed by atoms with Gasteiger partial charge < -0.3 is 15.4 Å². The highest BCUT2D eigenvalue weighted by atomic mass is 16.5. The van der Waals surface area contributed by atoms with Gasteiger partial charge in [0.15, 0.2) is 0 Å². The fourth-order valence-electron chi connectivity index (χ4n) is 1.78. The molecule has 18 heavy (non-hydrogen) atoms. The molecule has 0 unspecified atom stereocenters. The third-order valence-electron chi connectivity index (χ3n) is 2.86. The molecule has 0 aliphatic heterocycles. The standard InChI is InChI=1S/C14H22N2O2/c1-11-5-4-6-12(2)13(11)9-15-10-14(17)16-7-8-18-3/h4-6,15H,7-10H2,1-3H3,(H,16,17). The average molecular weight is 250 g/mol. The SMILES string of the molecule is COCCNC(=O)CNCc1c(C)cccc1C. The largest absolute Gasteiger partial charge is 0.383 e. The van der Waals surface area contributed by atoms with Crippen LogP contribution in [0, 0.1) is 13.8 Å². The molecule has 0 fully saturated rings. The van der Waals surface area contributed by atoms with E-state index in [1.807, 2.05) is 6.07 Å². The van der Waals surface area contributed by atoms with Crippen LogP contribution in [0.2, 0.25) is 0 Å². The molecule has 2 N–H and O–H groups in total. The monoisotopic (exact) mass is 250 g/mol. The number of rotatable bonds is 7. The van der Waals surface area contributed by atoms with Crippen LogP contribution in [-0.2, 0) is 16.1 Å². The van der Waals surface area contributed by atoms with Gasteiger partial charge in [0, 0.05) is 20.2 Å². The van der Waals surface area contributed by atoms with E-state index in [2.05, 4.69) is 36.6 Å². The number of hydrogen-bond acceptors (Lipinski definition) is 3. The number of carbonyl (C=O) groups is 1. The van der Waals surface area contributed by atoms with Crippen molar-refractivity contribution in [1.29, 1.82) is 0 Å². The first kappa shape index (κ1) is 14.7. The van der Waals surface area contributed by atoms with E-state index in [1.165, 1.54) is 16.7 Å². The van der Waals surface area contributed by atoms with Crippen LogP contribution in [0.5, 0.6) is 0 Å². The van der Waals surface area contributed by atoms with Crippen molar-refractivity contribution in [1.82, 2.24) is 10.6 Å². The zero-order valence-corrected chi connectivity index (χ0v) is 11.4. The van der Waals surface area contributed by atoms with Gasteiger partial charge in [0.05, 0.1) is 13.2 Å². The molecular weight excluding hydrogens is 228 g/mol. The molecule has 4 nitrogen and oxygen atoms in total. The van der Waals surface area contributed by atoms with Crippen LogP contribution in [0.4, 0.5) is 0 Å². The fourth-order valence-corrected chi connectivity index (χ4v) is 1.78. The molecule has 0 radical (unpaired) electrons. The molecule has 0 saturated heterocycles. The number of amides is 1. The number of methoxy groups -OCH3 is 1. The molecule has 0 aromatic heterocycles. The van der Waals surface area contributed by atoms with Crippen molar-refractivity contribution in [3.05, 3.63) is 34.9 Å². The van der Waals surface area contributed by atoms with E-state index in [0.29, 0.717) is 19.7 Å². The van der Waals surface area contributed by atoms with E-state index in [9.17, 15) is 4.79 Å². The van der Waals surface area contributed by atoms with Gasteiger partial charge in [-0.25, -0.2) is 0 Å². The summed E-state index contributed by atoms with van der Waals surface area (Å²) in [5, 5.41) is 5.93. The zero-order valence-electron chi connectivity index (χ0n) is 11.4. The Morgan fingerprint density at radius 3 is 2.56 bits per heavy atom. The molecule has 1 aromatic carbocycles. The Bertz CT molecular complexity index is 371. The van der Waals surface area contributed by atoms with E-state index in [-0.39, 0.29) is 5.91 Å². The maximum atomic E-state index is 11.4. The van der Waals surface area contributed by atoms with Crippen LogP contribution in [0.3, 0.4) is 0 Å². The molecule has 4 heteroatoms. The van der Waals surface area contributed by atoms with Crippen molar-refractivity contribution in [2.75, 3.05) is 26.8 Å². The van der Waals surface area contributed by atoms with Crippen LogP contribution in [0.1, 0.15) is 16.7 Å². The lowest BCUT2D eigenvalue weighted by Crippen LogP contribution is -2.35. The molecule has 1 aromatic rings. The predicted octanol–water partition coefficient (Wildman–Crippen LogP) is 1.16. The number of hydrogen-bond donors (Lipinski definition) is 2. The molecule has 100 valence electrons. The van der Waals surface area contributed by atoms with Gasteiger partial charge in [-0.05, 0) is 30.5 Å². The van der Waals surface area contributed by atoms with Crippen molar-refractivity contribution in [3.63, 3.8) is 0 Å². The Morgan fingerprint density at radius 2 is 1.94 bits per heavy atom. The van der Waals surface area contributed by atoms with Gasteiger partial charge in [0.2, 0.25) is 5.91 Å². The molecule has 0 atom stereocenters. The van der Waals surface area contributed by atoms with Crippen LogP contribution < -0.4 is 10.6 Å². The topological polar surface area (TPSA) is 50.4 Å². The molecule has 0 spiro atoms. The highest BCUT2D eigenvalue weighted by Gasteiger charge is 2.03. The quantitative estimate of drug-likeness (QED) is 0.714. The molecule has 1 amide bonds. The summed E-state index contributed by atoms with van der Waals surface area (Å²) in [4.78, 5) is 11.4. The summed E-state index contributed by atoms with van der Waals surface area (Å²) in [6, 6.07) is 6.22. The lowest BCUT2D eigenvalue weighted by molar-refractivity contribution is -0.120. The Morgan fingerprint density at radius 1 is 1.28 bits per heavy atom. The number of benzene rings is 1. The second kappa shape index (κ2) is 7.84. The molecule has 0 aliphatic rings. The summed E-state index contributed by atoms with van der Waals surface area (Å²) < 4.78 is 4.86. The summed E-state index contributed by atoms with van der Waals surface area (Å²) >= 11 is 0. The van der Waals surface area contributed by atoms with Gasteiger partial charge in [-0.3, -0.25) is 4.79 Å². The summed E-state index contributed by atoms with van der Waals surface area (Å²) in [5.41, 5.74) is 3.77. The predicted molar refractivity (Wildman–Crippen MR) is 72.5 cm³/mol. The third-order valence-corrected chi connectivity index (χ3v) is 2.86. The van der Waals surface area contributed by atoms with Gasteiger partial charge in [-0.1, -0.05) is 18.2 Å². The summed E-state index contributed by atoms with van der Waals surface area (Å²) in [6.45, 7) is 6.32. The Labute approximate surface area is 109 Å². The first-order valence-corrected chi connectivity index (χ1v) is 6.16. The van der Waals surface area contributed by atoms with Crippen molar-refractivity contribution < 1.29 is 9.53 Å². The molecule has 0 aliphatic carbocycles. The van der Waals surface area contributed by atoms with E-state index in [4.69, 9.17) is 4.74 Å². The lowest BCUT2D eigenvalue weighted by atomic mass is 10.0. The lowest BCUT2D eigenvalue weighted by Gasteiger charge is -2.11. The minimum absolute atomic E-state index is 0.00159. The number of nitrogens with one attached hydrogen (secondary N) is 2. The molecular formula is C14H22N2O2. The van der Waals surface area contributed by atoms with Gasteiger partial charge in [0.25, 0.3) is 0 Å². The number of carbonyl (C=O) groups excluding carboxylic acids is 1. The van der Waals surface area contributed by atoms with Gasteiger partial charge >= 0.3 is 0 Å². The highest BCUT2D eigenvalue weighted by Crippen LogP contribution is 2.12. The Hall–Kier alpha value is -1.39. The average Bonchev–Trinajstić information content (AvgIpc) is 2.33. The summed E-state index contributed by atoms with van der Waals surface area (Å²) in [6.07, 6.45) is 0. The van der Waals surface area contributed by atoms with Crippen LogP contribution in [-0.4, -0.2) is 32.7 Å². The summed E-state index contributed by atoms with van der Waals surface area (Å²) in [7, 11) is 1.62. The molecule has 0 bridgehead atoms. The second-order valence-electron chi connectivity index (χ2n) is 4.32. The van der Waals surface area contributed by atoms with Gasteiger partial charge in [-0.15, -0.1) is 0 Å². The maximum absolute atomic E-state index is 11.4. The van der Waals surface area contributed by atoms with E-state index in [0.717, 1.165) is 6.54 Å². The fraction of sp³-hybridized carbons (Fsp3) is 0.500. The number of aryl methyl sites for hydroxylation is 2. The van der Waals surface area contributed by atoms with Crippen molar-refractivity contribution in [2.45, 2.75) is 20.4 Å². The van der Waals surface area contributed by atoms with Crippen LogP contribution in [0.25, 0.3) is 0 Å². The van der Waals surface area contributed by atoms with Gasteiger partial charge in [0.1, 0.15) is 0 Å². The Kier molecular flexibility index (Phi) is 6.39. The first-order valence-electron chi connectivity index (χ1n) is 6.16. The molecule has 0 saturated carbocycles. The van der Waals surface area contributed by atoms with Crippen LogP contribution in [0.15, 0.2) is 18.2 Å². The zero-order chi connectivity index (χ0) is 13.4. The minimum atomic E-state index is -0.00159. The normalized spacial score (nSPS) is 10.4. The molecule has 0 heterocycles. The number of ether oxygens (including phenoxy) is 1. The third kappa shape index (κ3) is 4.85. The highest BCUT2D eigenvalue weighted by molar-refractivity contribution is 5.77. The van der Waals surface area contributed by atoms with Crippen molar-refractivity contribution >= 4 is 5.91 Å². The van der Waals surface area contributed by atoms with Crippen LogP contribution >= 0.6 is 0 Å². The maximum Gasteiger partial charge on any atom is 0.234 e. The van der Waals surface area contributed by atoms with Crippen molar-refractivity contribution in [2.24, 2.45) is 0 Å². The first-order chi connectivity index (χ1) is 8.65. The minimum Gasteiger partial charge on any atom is -0.383 e. The van der Waals surface area contributed by atoms with E-state index in [1.54, 1.807) is 7.11 Å². The van der Waals surface area contributed by atoms with Crippen molar-refractivity contribution in [3.8, 4) is 0 Å². The van der Waals surface area contributed by atoms with E-state index < -0.39 is 0 Å². The van der Waals surface area contributed by atoms with Gasteiger partial charge in [-0.2, -0.15) is 0 Å². The summed E-state index contributed by atoms with van der Waals surface area (Å²) in [5.74, 6) is -0.00159. The smallest absolute Gasteiger partial charge is 0.234 e. The van der Waals surface area contributed by atoms with E-state index >= 15 is 0 Å². The Balaban J connectivity index is 2.31.